The Bertz CT molecular complexity index is 701. The fourth-order valence-electron chi connectivity index (χ4n) is 1.72. The molecule has 21 heavy (non-hydrogen) atoms. The lowest BCUT2D eigenvalue weighted by molar-refractivity contribution is -0.133. The molecule has 0 aliphatic heterocycles. The minimum atomic E-state index is -0.776. The molecule has 0 fully saturated rings. The van der Waals surface area contributed by atoms with Crippen molar-refractivity contribution >= 4 is 34.9 Å². The lowest BCUT2D eigenvalue weighted by atomic mass is 10.2. The molecule has 0 aliphatic rings. The summed E-state index contributed by atoms with van der Waals surface area (Å²) < 4.78 is 0. The number of nitrogens with zero attached hydrogens (tertiary/aromatic N) is 1. The van der Waals surface area contributed by atoms with E-state index < -0.39 is 11.8 Å². The van der Waals surface area contributed by atoms with Crippen LogP contribution in [0, 0.1) is 13.8 Å². The molecule has 0 spiro atoms. The van der Waals surface area contributed by atoms with Crippen LogP contribution in [0.3, 0.4) is 0 Å². The molecule has 6 heteroatoms. The lowest BCUT2D eigenvalue weighted by Crippen LogP contribution is -2.29. The van der Waals surface area contributed by atoms with E-state index >= 15 is 0 Å². The topological polar surface area (TPSA) is 71.1 Å². The van der Waals surface area contributed by atoms with E-state index in [1.807, 2.05) is 6.92 Å². The van der Waals surface area contributed by atoms with Gasteiger partial charge in [-0.2, -0.15) is 0 Å². The van der Waals surface area contributed by atoms with E-state index in [2.05, 4.69) is 15.6 Å². The normalized spacial score (nSPS) is 10.0. The maximum atomic E-state index is 11.9. The second-order valence-electron chi connectivity index (χ2n) is 4.59. The summed E-state index contributed by atoms with van der Waals surface area (Å²) in [5.41, 5.74) is 2.25. The number of hydrogen-bond donors (Lipinski definition) is 2. The zero-order valence-corrected chi connectivity index (χ0v) is 12.4. The van der Waals surface area contributed by atoms with Crippen molar-refractivity contribution in [2.75, 3.05) is 10.6 Å². The van der Waals surface area contributed by atoms with E-state index in [1.165, 1.54) is 0 Å². The Morgan fingerprint density at radius 3 is 2.43 bits per heavy atom. The first-order valence-electron chi connectivity index (χ1n) is 6.27. The third kappa shape index (κ3) is 4.03. The number of hydrogen-bond acceptors (Lipinski definition) is 3. The molecule has 0 bridgehead atoms. The smallest absolute Gasteiger partial charge is 0.315 e. The van der Waals surface area contributed by atoms with Crippen LogP contribution in [0.5, 0.6) is 0 Å². The highest BCUT2D eigenvalue weighted by molar-refractivity contribution is 6.43. The minimum absolute atomic E-state index is 0.336. The van der Waals surface area contributed by atoms with E-state index in [1.54, 1.807) is 43.5 Å². The van der Waals surface area contributed by atoms with Crippen molar-refractivity contribution in [1.82, 2.24) is 4.98 Å². The average molecular weight is 304 g/mol. The lowest BCUT2D eigenvalue weighted by Gasteiger charge is -2.09. The molecule has 2 amide bonds. The molecule has 2 N–H and O–H groups in total. The van der Waals surface area contributed by atoms with Gasteiger partial charge in [0.2, 0.25) is 0 Å². The number of pyridine rings is 1. The van der Waals surface area contributed by atoms with Gasteiger partial charge in [0, 0.05) is 16.9 Å². The van der Waals surface area contributed by atoms with Gasteiger partial charge in [-0.3, -0.25) is 9.59 Å². The summed E-state index contributed by atoms with van der Waals surface area (Å²) in [7, 11) is 0. The molecule has 1 aromatic heterocycles. The second-order valence-corrected chi connectivity index (χ2v) is 5.02. The Morgan fingerprint density at radius 1 is 1.05 bits per heavy atom. The number of aromatic nitrogens is 1. The summed E-state index contributed by atoms with van der Waals surface area (Å²) in [6.45, 7) is 3.66. The number of carbonyl (C=O) groups excluding carboxylic acids is 2. The molecular formula is C15H14ClN3O2. The fourth-order valence-corrected chi connectivity index (χ4v) is 1.95. The van der Waals surface area contributed by atoms with E-state index in [4.69, 9.17) is 11.6 Å². The molecule has 5 nitrogen and oxygen atoms in total. The van der Waals surface area contributed by atoms with Crippen LogP contribution in [-0.2, 0) is 9.59 Å². The quantitative estimate of drug-likeness (QED) is 0.838. The zero-order valence-electron chi connectivity index (χ0n) is 11.6. The van der Waals surface area contributed by atoms with Gasteiger partial charge in [0.15, 0.2) is 0 Å². The highest BCUT2D eigenvalue weighted by Crippen LogP contribution is 2.19. The van der Waals surface area contributed by atoms with Gasteiger partial charge in [-0.15, -0.1) is 0 Å². The van der Waals surface area contributed by atoms with Gasteiger partial charge in [0.05, 0.1) is 0 Å². The molecule has 0 aliphatic carbocycles. The van der Waals surface area contributed by atoms with Crippen LogP contribution >= 0.6 is 11.6 Å². The Hall–Kier alpha value is -2.40. The summed E-state index contributed by atoms with van der Waals surface area (Å²) >= 11 is 5.84. The summed E-state index contributed by atoms with van der Waals surface area (Å²) in [6, 6.07) is 8.47. The van der Waals surface area contributed by atoms with Crippen LogP contribution in [-0.4, -0.2) is 16.8 Å². The van der Waals surface area contributed by atoms with Crippen LogP contribution < -0.4 is 10.6 Å². The van der Waals surface area contributed by atoms with Crippen molar-refractivity contribution in [2.45, 2.75) is 13.8 Å². The third-order valence-corrected chi connectivity index (χ3v) is 3.04. The molecule has 0 saturated carbocycles. The number of rotatable bonds is 2. The van der Waals surface area contributed by atoms with Gasteiger partial charge in [-0.25, -0.2) is 4.98 Å². The fraction of sp³-hybridized carbons (Fsp3) is 0.133. The molecular weight excluding hydrogens is 290 g/mol. The Labute approximate surface area is 127 Å². The van der Waals surface area contributed by atoms with Crippen molar-refractivity contribution in [3.8, 4) is 0 Å². The summed E-state index contributed by atoms with van der Waals surface area (Å²) in [5.74, 6) is -1.20. The van der Waals surface area contributed by atoms with Crippen molar-refractivity contribution in [1.29, 1.82) is 0 Å². The van der Waals surface area contributed by atoms with Gasteiger partial charge in [-0.05, 0) is 55.3 Å². The van der Waals surface area contributed by atoms with Gasteiger partial charge >= 0.3 is 11.8 Å². The standard InChI is InChI=1S/C15H14ClN3O2/c1-9-5-6-17-13(7-9)19-15(21)14(20)18-12-4-3-11(16)8-10(12)2/h3-8H,1-2H3,(H,18,20)(H,17,19,21). The van der Waals surface area contributed by atoms with Gasteiger partial charge in [0.1, 0.15) is 5.82 Å². The molecule has 0 saturated heterocycles. The average Bonchev–Trinajstić information content (AvgIpc) is 2.41. The van der Waals surface area contributed by atoms with Gasteiger partial charge < -0.3 is 10.6 Å². The molecule has 1 aromatic carbocycles. The van der Waals surface area contributed by atoms with Crippen molar-refractivity contribution in [3.05, 3.63) is 52.7 Å². The molecule has 2 rings (SSSR count). The second kappa shape index (κ2) is 6.37. The largest absolute Gasteiger partial charge is 0.318 e. The number of amides is 2. The molecule has 0 atom stereocenters. The first kappa shape index (κ1) is 15.0. The van der Waals surface area contributed by atoms with Crippen LogP contribution in [0.1, 0.15) is 11.1 Å². The highest BCUT2D eigenvalue weighted by atomic mass is 35.5. The third-order valence-electron chi connectivity index (χ3n) is 2.80. The first-order valence-corrected chi connectivity index (χ1v) is 6.64. The van der Waals surface area contributed by atoms with E-state index in [0.29, 0.717) is 16.5 Å². The predicted molar refractivity (Wildman–Crippen MR) is 82.4 cm³/mol. The van der Waals surface area contributed by atoms with Gasteiger partial charge in [0.25, 0.3) is 0 Å². The number of nitrogens with one attached hydrogen (secondary N) is 2. The Balaban J connectivity index is 2.04. The Kier molecular flexibility index (Phi) is 4.55. The summed E-state index contributed by atoms with van der Waals surface area (Å²) in [6.07, 6.45) is 1.56. The van der Waals surface area contributed by atoms with Crippen molar-refractivity contribution in [2.24, 2.45) is 0 Å². The van der Waals surface area contributed by atoms with E-state index in [0.717, 1.165) is 11.1 Å². The molecule has 1 heterocycles. The molecule has 0 unspecified atom stereocenters. The molecule has 108 valence electrons. The molecule has 2 aromatic rings. The number of carbonyl (C=O) groups is 2. The van der Waals surface area contributed by atoms with Crippen LogP contribution in [0.2, 0.25) is 5.02 Å². The minimum Gasteiger partial charge on any atom is -0.318 e. The predicted octanol–water partition coefficient (Wildman–Crippen LogP) is 2.93. The van der Waals surface area contributed by atoms with E-state index in [9.17, 15) is 9.59 Å². The molecule has 0 radical (unpaired) electrons. The summed E-state index contributed by atoms with van der Waals surface area (Å²) in [5, 5.41) is 5.55. The SMILES string of the molecule is Cc1ccnc(NC(=O)C(=O)Nc2ccc(Cl)cc2C)c1. The highest BCUT2D eigenvalue weighted by Gasteiger charge is 2.15. The zero-order chi connectivity index (χ0) is 15.4. The van der Waals surface area contributed by atoms with Crippen LogP contribution in [0.25, 0.3) is 0 Å². The Morgan fingerprint density at radius 2 is 1.76 bits per heavy atom. The number of aryl methyl sites for hydroxylation is 2. The number of benzene rings is 1. The van der Waals surface area contributed by atoms with Crippen molar-refractivity contribution < 1.29 is 9.59 Å². The van der Waals surface area contributed by atoms with Gasteiger partial charge in [-0.1, -0.05) is 11.6 Å². The maximum absolute atomic E-state index is 11.9. The summed E-state index contributed by atoms with van der Waals surface area (Å²) in [4.78, 5) is 27.6. The van der Waals surface area contributed by atoms with Crippen LogP contribution in [0.4, 0.5) is 11.5 Å². The maximum Gasteiger partial charge on any atom is 0.315 e. The van der Waals surface area contributed by atoms with Crippen LogP contribution in [0.15, 0.2) is 36.5 Å². The monoisotopic (exact) mass is 303 g/mol. The van der Waals surface area contributed by atoms with Crippen molar-refractivity contribution in [3.63, 3.8) is 0 Å². The number of anilines is 2. The first-order chi connectivity index (χ1) is 9.95. The van der Waals surface area contributed by atoms with E-state index in [-0.39, 0.29) is 0 Å². The number of halogens is 1.